The molecule has 0 aliphatic rings. The molecule has 0 amide bonds. The van der Waals surface area contributed by atoms with Crippen molar-refractivity contribution in [1.82, 2.24) is 0 Å². The molecule has 0 aliphatic heterocycles. The van der Waals surface area contributed by atoms with Gasteiger partial charge in [-0.05, 0) is 51.4 Å². The minimum absolute atomic E-state index is 0.277. The maximum atomic E-state index is 5.98. The number of hydrogen-bond acceptors (Lipinski definition) is 3. The third-order valence-electron chi connectivity index (χ3n) is 4.73. The van der Waals surface area contributed by atoms with Crippen LogP contribution in [0.4, 0.5) is 0 Å². The summed E-state index contributed by atoms with van der Waals surface area (Å²) in [4.78, 5) is 0. The lowest BCUT2D eigenvalue weighted by Crippen LogP contribution is -2.19. The molecule has 0 spiro atoms. The number of allylic oxidation sites excluding steroid dienone is 4. The Bertz CT molecular complexity index is 341. The van der Waals surface area contributed by atoms with Gasteiger partial charge >= 0.3 is 0 Å². The molecule has 0 bridgehead atoms. The summed E-state index contributed by atoms with van der Waals surface area (Å²) in [6.07, 6.45) is 23.0. The van der Waals surface area contributed by atoms with E-state index in [-0.39, 0.29) is 12.2 Å². The van der Waals surface area contributed by atoms with Gasteiger partial charge in [-0.25, -0.2) is 0 Å². The normalized spacial score (nSPS) is 14.2. The highest BCUT2D eigenvalue weighted by molar-refractivity contribution is 9.09. The van der Waals surface area contributed by atoms with E-state index in [1.54, 1.807) is 0 Å². The minimum Gasteiger partial charge on any atom is -0.352 e. The third kappa shape index (κ3) is 21.3. The first-order valence-corrected chi connectivity index (χ1v) is 13.8. The lowest BCUT2D eigenvalue weighted by molar-refractivity contribution is -0.167. The standard InChI is InChI=1S/C24H44Br2O3/c1-3-5-15-23(17-11-7-9-13-19-25)28-21-27-22-29-24(16-6-4-2)18-12-8-10-14-20-26/h7-10,23-24H,3-6,11-22H2,1-2H3/b9-7-,10-8-. The van der Waals surface area contributed by atoms with E-state index in [4.69, 9.17) is 14.2 Å². The van der Waals surface area contributed by atoms with E-state index in [1.807, 2.05) is 0 Å². The van der Waals surface area contributed by atoms with E-state index in [9.17, 15) is 0 Å². The summed E-state index contributed by atoms with van der Waals surface area (Å²) >= 11 is 6.90. The summed E-state index contributed by atoms with van der Waals surface area (Å²) in [5.74, 6) is 0. The lowest BCUT2D eigenvalue weighted by Gasteiger charge is -2.19. The number of hydrogen-bond donors (Lipinski definition) is 0. The molecule has 0 radical (unpaired) electrons. The number of halogens is 2. The Kier molecular flexibility index (Phi) is 24.9. The second kappa shape index (κ2) is 24.6. The fourth-order valence-electron chi connectivity index (χ4n) is 2.97. The molecule has 2 unspecified atom stereocenters. The first-order valence-electron chi connectivity index (χ1n) is 11.5. The first-order chi connectivity index (χ1) is 14.3. The molecule has 0 fully saturated rings. The Balaban J connectivity index is 4.06. The molecular weight excluding hydrogens is 496 g/mol. The molecule has 2 atom stereocenters. The molecule has 0 heterocycles. The molecule has 29 heavy (non-hydrogen) atoms. The largest absolute Gasteiger partial charge is 0.352 e. The third-order valence-corrected chi connectivity index (χ3v) is 5.64. The highest BCUT2D eigenvalue weighted by Gasteiger charge is 2.10. The Hall–Kier alpha value is 0.320. The Morgan fingerprint density at radius 1 is 0.621 bits per heavy atom. The topological polar surface area (TPSA) is 27.7 Å². The van der Waals surface area contributed by atoms with Gasteiger partial charge in [0.05, 0.1) is 12.2 Å². The van der Waals surface area contributed by atoms with Crippen LogP contribution in [-0.2, 0) is 14.2 Å². The molecule has 3 nitrogen and oxygen atoms in total. The summed E-state index contributed by atoms with van der Waals surface area (Å²) < 4.78 is 17.6. The van der Waals surface area contributed by atoms with Gasteiger partial charge in [0.15, 0.2) is 0 Å². The summed E-state index contributed by atoms with van der Waals surface area (Å²) in [6.45, 7) is 5.10. The predicted octanol–water partition coefficient (Wildman–Crippen LogP) is 8.31. The zero-order valence-electron chi connectivity index (χ0n) is 18.8. The van der Waals surface area contributed by atoms with E-state index in [2.05, 4.69) is 70.0 Å². The number of unbranched alkanes of at least 4 members (excludes halogenated alkanes) is 2. The average Bonchev–Trinajstić information content (AvgIpc) is 2.73. The zero-order chi connectivity index (χ0) is 21.4. The van der Waals surface area contributed by atoms with Crippen LogP contribution < -0.4 is 0 Å². The van der Waals surface area contributed by atoms with Crippen LogP contribution in [0.2, 0.25) is 0 Å². The molecule has 0 aromatic heterocycles. The van der Waals surface area contributed by atoms with Crippen LogP contribution in [0.5, 0.6) is 0 Å². The van der Waals surface area contributed by atoms with Crippen molar-refractivity contribution in [1.29, 1.82) is 0 Å². The summed E-state index contributed by atoms with van der Waals surface area (Å²) in [5, 5.41) is 2.05. The van der Waals surface area contributed by atoms with Crippen molar-refractivity contribution < 1.29 is 14.2 Å². The molecule has 0 aromatic carbocycles. The van der Waals surface area contributed by atoms with E-state index in [1.165, 1.54) is 25.7 Å². The number of ether oxygens (including phenoxy) is 3. The number of alkyl halides is 2. The highest BCUT2D eigenvalue weighted by Crippen LogP contribution is 2.14. The van der Waals surface area contributed by atoms with Gasteiger partial charge in [0.1, 0.15) is 13.6 Å². The van der Waals surface area contributed by atoms with Gasteiger partial charge in [0.25, 0.3) is 0 Å². The van der Waals surface area contributed by atoms with Gasteiger partial charge in [-0.3, -0.25) is 0 Å². The summed E-state index contributed by atoms with van der Waals surface area (Å²) in [7, 11) is 0. The van der Waals surface area contributed by atoms with Crippen molar-refractivity contribution in [3.63, 3.8) is 0 Å². The summed E-state index contributed by atoms with van der Waals surface area (Å²) in [5.41, 5.74) is 0. The Morgan fingerprint density at radius 3 is 1.41 bits per heavy atom. The molecular formula is C24H44Br2O3. The van der Waals surface area contributed by atoms with Crippen LogP contribution in [0.1, 0.15) is 90.9 Å². The Labute approximate surface area is 197 Å². The summed E-state index contributed by atoms with van der Waals surface area (Å²) in [6, 6.07) is 0. The first kappa shape index (κ1) is 29.3. The molecule has 0 saturated carbocycles. The van der Waals surface area contributed by atoms with Crippen molar-refractivity contribution in [3.05, 3.63) is 24.3 Å². The molecule has 0 aliphatic carbocycles. The number of rotatable bonds is 22. The molecule has 0 aromatic rings. The van der Waals surface area contributed by atoms with Crippen LogP contribution in [0, 0.1) is 0 Å². The van der Waals surface area contributed by atoms with Crippen molar-refractivity contribution in [2.24, 2.45) is 0 Å². The molecule has 0 saturated heterocycles. The van der Waals surface area contributed by atoms with Gasteiger partial charge in [-0.2, -0.15) is 0 Å². The van der Waals surface area contributed by atoms with Crippen LogP contribution in [0.3, 0.4) is 0 Å². The van der Waals surface area contributed by atoms with Crippen molar-refractivity contribution in [2.75, 3.05) is 24.2 Å². The SMILES string of the molecule is CCCCC(CC/C=C\CCBr)OCOCOC(CC/C=C\CCBr)CCCC. The molecule has 5 heteroatoms. The van der Waals surface area contributed by atoms with Gasteiger partial charge in [0.2, 0.25) is 0 Å². The van der Waals surface area contributed by atoms with E-state index < -0.39 is 0 Å². The Morgan fingerprint density at radius 2 is 1.03 bits per heavy atom. The van der Waals surface area contributed by atoms with Gasteiger partial charge in [0, 0.05) is 10.7 Å². The molecule has 0 N–H and O–H groups in total. The average molecular weight is 540 g/mol. The maximum absolute atomic E-state index is 5.98. The van der Waals surface area contributed by atoms with Crippen LogP contribution in [-0.4, -0.2) is 36.5 Å². The van der Waals surface area contributed by atoms with E-state index in [0.29, 0.717) is 13.6 Å². The smallest absolute Gasteiger partial charge is 0.149 e. The molecule has 172 valence electrons. The highest BCUT2D eigenvalue weighted by atomic mass is 79.9. The van der Waals surface area contributed by atoms with Crippen LogP contribution in [0.15, 0.2) is 24.3 Å². The van der Waals surface area contributed by atoms with Gasteiger partial charge in [-0.15, -0.1) is 0 Å². The quantitative estimate of drug-likeness (QED) is 0.0598. The van der Waals surface area contributed by atoms with Crippen molar-refractivity contribution in [2.45, 2.75) is 103 Å². The van der Waals surface area contributed by atoms with Crippen LogP contribution in [0.25, 0.3) is 0 Å². The second-order valence-corrected chi connectivity index (χ2v) is 8.94. The molecule has 0 rings (SSSR count). The van der Waals surface area contributed by atoms with E-state index >= 15 is 0 Å². The van der Waals surface area contributed by atoms with E-state index in [0.717, 1.165) is 62.0 Å². The monoisotopic (exact) mass is 538 g/mol. The van der Waals surface area contributed by atoms with Gasteiger partial charge < -0.3 is 14.2 Å². The predicted molar refractivity (Wildman–Crippen MR) is 133 cm³/mol. The maximum Gasteiger partial charge on any atom is 0.149 e. The lowest BCUT2D eigenvalue weighted by atomic mass is 10.1. The minimum atomic E-state index is 0.277. The van der Waals surface area contributed by atoms with Gasteiger partial charge in [-0.1, -0.05) is 95.7 Å². The van der Waals surface area contributed by atoms with Crippen molar-refractivity contribution in [3.8, 4) is 0 Å². The second-order valence-electron chi connectivity index (χ2n) is 7.35. The fourth-order valence-corrected chi connectivity index (χ4v) is 3.50. The van der Waals surface area contributed by atoms with Crippen LogP contribution >= 0.6 is 31.9 Å². The zero-order valence-corrected chi connectivity index (χ0v) is 21.9. The van der Waals surface area contributed by atoms with Crippen molar-refractivity contribution >= 4 is 31.9 Å². The fraction of sp³-hybridized carbons (Fsp3) is 0.833.